The maximum Gasteiger partial charge on any atom is 0.243 e. The zero-order valence-corrected chi connectivity index (χ0v) is 15.4. The standard InChI is InChI=1S/C16H25NO6S/c1-12(18)16(23-5)14(11-15(21-3)22-4)17(2)24(19,20)13-9-7-6-8-10-13/h6-10,14-16H,11H2,1-5H3/t14-,16+/m1/s1. The average Bonchev–Trinajstić information content (AvgIpc) is 2.58. The highest BCUT2D eigenvalue weighted by Crippen LogP contribution is 2.23. The summed E-state index contributed by atoms with van der Waals surface area (Å²) < 4.78 is 42.4. The Hall–Kier alpha value is -1.32. The summed E-state index contributed by atoms with van der Waals surface area (Å²) in [5.41, 5.74) is 0. The van der Waals surface area contributed by atoms with Gasteiger partial charge in [-0.1, -0.05) is 18.2 Å². The van der Waals surface area contributed by atoms with Crippen LogP contribution in [-0.4, -0.2) is 65.3 Å². The zero-order chi connectivity index (χ0) is 18.3. The number of rotatable bonds is 10. The highest BCUT2D eigenvalue weighted by molar-refractivity contribution is 7.89. The van der Waals surface area contributed by atoms with Gasteiger partial charge in [0.1, 0.15) is 6.10 Å². The van der Waals surface area contributed by atoms with Gasteiger partial charge in [-0.3, -0.25) is 4.79 Å². The van der Waals surface area contributed by atoms with Gasteiger partial charge >= 0.3 is 0 Å². The van der Waals surface area contributed by atoms with E-state index in [1.54, 1.807) is 18.2 Å². The number of sulfonamides is 1. The van der Waals surface area contributed by atoms with Crippen molar-refractivity contribution >= 4 is 15.8 Å². The molecule has 0 saturated carbocycles. The van der Waals surface area contributed by atoms with Crippen molar-refractivity contribution in [1.29, 1.82) is 0 Å². The number of ketones is 1. The largest absolute Gasteiger partial charge is 0.372 e. The summed E-state index contributed by atoms with van der Waals surface area (Å²) in [4.78, 5) is 12.1. The molecule has 0 spiro atoms. The second kappa shape index (κ2) is 9.24. The van der Waals surface area contributed by atoms with E-state index in [0.717, 1.165) is 4.31 Å². The summed E-state index contributed by atoms with van der Waals surface area (Å²) in [6.45, 7) is 1.36. The van der Waals surface area contributed by atoms with Crippen molar-refractivity contribution in [2.75, 3.05) is 28.4 Å². The summed E-state index contributed by atoms with van der Waals surface area (Å²) in [6.07, 6.45) is -1.45. The molecule has 0 aliphatic rings. The van der Waals surface area contributed by atoms with Crippen molar-refractivity contribution in [1.82, 2.24) is 4.31 Å². The lowest BCUT2D eigenvalue weighted by Gasteiger charge is -2.33. The van der Waals surface area contributed by atoms with Crippen LogP contribution in [0.2, 0.25) is 0 Å². The van der Waals surface area contributed by atoms with Gasteiger partial charge in [0, 0.05) is 34.8 Å². The fourth-order valence-electron chi connectivity index (χ4n) is 2.48. The molecular weight excluding hydrogens is 334 g/mol. The molecule has 0 heterocycles. The van der Waals surface area contributed by atoms with Gasteiger partial charge in [-0.15, -0.1) is 0 Å². The van der Waals surface area contributed by atoms with Gasteiger partial charge in [-0.25, -0.2) is 8.42 Å². The van der Waals surface area contributed by atoms with E-state index in [4.69, 9.17) is 14.2 Å². The van der Waals surface area contributed by atoms with Crippen molar-refractivity contribution in [3.8, 4) is 0 Å². The Labute approximate surface area is 143 Å². The number of carbonyl (C=O) groups is 1. The third-order valence-electron chi connectivity index (χ3n) is 3.85. The Morgan fingerprint density at radius 3 is 2.04 bits per heavy atom. The summed E-state index contributed by atoms with van der Waals surface area (Å²) >= 11 is 0. The van der Waals surface area contributed by atoms with Gasteiger partial charge in [0.2, 0.25) is 10.0 Å². The summed E-state index contributed by atoms with van der Waals surface area (Å²) in [5, 5.41) is 0. The molecule has 136 valence electrons. The third kappa shape index (κ3) is 4.84. The number of likely N-dealkylation sites (N-methyl/N-ethyl adjacent to an activating group) is 1. The predicted molar refractivity (Wildman–Crippen MR) is 89.1 cm³/mol. The molecule has 1 rings (SSSR count). The molecule has 2 atom stereocenters. The smallest absolute Gasteiger partial charge is 0.243 e. The minimum atomic E-state index is -3.80. The van der Waals surface area contributed by atoms with Crippen molar-refractivity contribution in [3.63, 3.8) is 0 Å². The van der Waals surface area contributed by atoms with Gasteiger partial charge in [-0.2, -0.15) is 4.31 Å². The Morgan fingerprint density at radius 2 is 1.62 bits per heavy atom. The van der Waals surface area contributed by atoms with E-state index in [2.05, 4.69) is 0 Å². The van der Waals surface area contributed by atoms with Crippen LogP contribution in [0, 0.1) is 0 Å². The van der Waals surface area contributed by atoms with Crippen molar-refractivity contribution in [2.24, 2.45) is 0 Å². The molecule has 0 bridgehead atoms. The number of nitrogens with zero attached hydrogens (tertiary/aromatic N) is 1. The van der Waals surface area contributed by atoms with Crippen LogP contribution in [0.3, 0.4) is 0 Å². The second-order valence-corrected chi connectivity index (χ2v) is 7.30. The number of ether oxygens (including phenoxy) is 3. The summed E-state index contributed by atoms with van der Waals surface area (Å²) in [5.74, 6) is -0.274. The maximum atomic E-state index is 12.9. The number of benzene rings is 1. The molecule has 0 aliphatic carbocycles. The lowest BCUT2D eigenvalue weighted by atomic mass is 10.0. The first kappa shape index (κ1) is 20.7. The third-order valence-corrected chi connectivity index (χ3v) is 5.75. The molecule has 0 fully saturated rings. The van der Waals surface area contributed by atoms with Crippen molar-refractivity contribution < 1.29 is 27.4 Å². The van der Waals surface area contributed by atoms with Crippen LogP contribution in [0.25, 0.3) is 0 Å². The average molecular weight is 359 g/mol. The first-order valence-corrected chi connectivity index (χ1v) is 8.85. The van der Waals surface area contributed by atoms with Gasteiger partial charge in [0.05, 0.1) is 10.9 Å². The van der Waals surface area contributed by atoms with Crippen molar-refractivity contribution in [3.05, 3.63) is 30.3 Å². The van der Waals surface area contributed by atoms with Gasteiger partial charge < -0.3 is 14.2 Å². The molecule has 1 aromatic rings. The van der Waals surface area contributed by atoms with E-state index < -0.39 is 28.5 Å². The predicted octanol–water partition coefficient (Wildman–Crippen LogP) is 1.29. The highest BCUT2D eigenvalue weighted by atomic mass is 32.2. The Morgan fingerprint density at radius 1 is 1.08 bits per heavy atom. The minimum Gasteiger partial charge on any atom is -0.372 e. The molecule has 24 heavy (non-hydrogen) atoms. The highest BCUT2D eigenvalue weighted by Gasteiger charge is 2.37. The lowest BCUT2D eigenvalue weighted by molar-refractivity contribution is -0.138. The second-order valence-electron chi connectivity index (χ2n) is 5.31. The molecule has 1 aromatic carbocycles. The van der Waals surface area contributed by atoms with E-state index in [-0.39, 0.29) is 17.1 Å². The number of Topliss-reactive ketones (excluding diaryl/α,β-unsaturated/α-hetero) is 1. The van der Waals surface area contributed by atoms with Crippen LogP contribution >= 0.6 is 0 Å². The van der Waals surface area contributed by atoms with E-state index in [1.807, 2.05) is 0 Å². The topological polar surface area (TPSA) is 82.1 Å². The molecule has 0 N–H and O–H groups in total. The Kier molecular flexibility index (Phi) is 7.98. The van der Waals surface area contributed by atoms with Gasteiger partial charge in [0.15, 0.2) is 12.1 Å². The van der Waals surface area contributed by atoms with Crippen LogP contribution < -0.4 is 0 Å². The summed E-state index contributed by atoms with van der Waals surface area (Å²) in [7, 11) is 1.90. The number of hydrogen-bond acceptors (Lipinski definition) is 6. The van der Waals surface area contributed by atoms with Crippen LogP contribution in [-0.2, 0) is 29.0 Å². The SMILES string of the molecule is COC(C[C@H]([C@@H](OC)C(C)=O)N(C)S(=O)(=O)c1ccccc1)OC. The first-order chi connectivity index (χ1) is 11.3. The quantitative estimate of drug-likeness (QED) is 0.586. The first-order valence-electron chi connectivity index (χ1n) is 7.41. The van der Waals surface area contributed by atoms with E-state index in [0.29, 0.717) is 0 Å². The van der Waals surface area contributed by atoms with Gasteiger partial charge in [-0.05, 0) is 19.1 Å². The van der Waals surface area contributed by atoms with Crippen LogP contribution in [0.15, 0.2) is 35.2 Å². The Bertz CT molecular complexity index is 615. The monoisotopic (exact) mass is 359 g/mol. The fourth-order valence-corrected chi connectivity index (χ4v) is 3.87. The zero-order valence-electron chi connectivity index (χ0n) is 14.6. The van der Waals surface area contributed by atoms with E-state index in [9.17, 15) is 13.2 Å². The van der Waals surface area contributed by atoms with Crippen LogP contribution in [0.5, 0.6) is 0 Å². The van der Waals surface area contributed by atoms with E-state index in [1.165, 1.54) is 47.4 Å². The lowest BCUT2D eigenvalue weighted by Crippen LogP contribution is -2.50. The molecule has 0 radical (unpaired) electrons. The Balaban J connectivity index is 3.24. The number of carbonyl (C=O) groups excluding carboxylic acids is 1. The van der Waals surface area contributed by atoms with Crippen LogP contribution in [0.1, 0.15) is 13.3 Å². The molecular formula is C16H25NO6S. The number of hydrogen-bond donors (Lipinski definition) is 0. The molecule has 0 aliphatic heterocycles. The normalized spacial score (nSPS) is 14.8. The van der Waals surface area contributed by atoms with Crippen molar-refractivity contribution in [2.45, 2.75) is 36.7 Å². The molecule has 7 nitrogen and oxygen atoms in total. The molecule has 0 saturated heterocycles. The molecule has 8 heteroatoms. The van der Waals surface area contributed by atoms with Crippen LogP contribution in [0.4, 0.5) is 0 Å². The minimum absolute atomic E-state index is 0.141. The molecule has 0 amide bonds. The number of methoxy groups -OCH3 is 3. The summed E-state index contributed by atoms with van der Waals surface area (Å²) in [6, 6.07) is 7.24. The maximum absolute atomic E-state index is 12.9. The molecule has 0 aromatic heterocycles. The van der Waals surface area contributed by atoms with E-state index >= 15 is 0 Å². The fraction of sp³-hybridized carbons (Fsp3) is 0.562. The van der Waals surface area contributed by atoms with Gasteiger partial charge in [0.25, 0.3) is 0 Å². The molecule has 0 unspecified atom stereocenters.